The van der Waals surface area contributed by atoms with Gasteiger partial charge in [-0.25, -0.2) is 22.2 Å². The fourth-order valence-corrected chi connectivity index (χ4v) is 4.76. The number of hydrogen-bond acceptors (Lipinski definition) is 4. The van der Waals surface area contributed by atoms with Crippen molar-refractivity contribution in [3.05, 3.63) is 66.1 Å². The average Bonchev–Trinajstić information content (AvgIpc) is 3.20. The SMILES string of the molecule is O=C(NCc1ccc(S(=O)(=O)N2CCC(F)(F)CC2)cc1)c1ccc2nccn2c1. The number of aromatic nitrogens is 2. The Hall–Kier alpha value is -2.85. The molecule has 1 aliphatic heterocycles. The second-order valence-corrected chi connectivity index (χ2v) is 9.14. The van der Waals surface area contributed by atoms with Crippen LogP contribution in [0.3, 0.4) is 0 Å². The van der Waals surface area contributed by atoms with Gasteiger partial charge in [0.2, 0.25) is 10.0 Å². The number of hydrogen-bond donors (Lipinski definition) is 1. The van der Waals surface area contributed by atoms with Gasteiger partial charge in [0.05, 0.1) is 10.5 Å². The minimum absolute atomic E-state index is 0.0494. The van der Waals surface area contributed by atoms with Crippen LogP contribution in [-0.4, -0.2) is 47.0 Å². The van der Waals surface area contributed by atoms with Crippen molar-refractivity contribution in [2.75, 3.05) is 13.1 Å². The third-order valence-electron chi connectivity index (χ3n) is 5.12. The van der Waals surface area contributed by atoms with E-state index in [1.807, 2.05) is 0 Å². The average molecular weight is 434 g/mol. The van der Waals surface area contributed by atoms with E-state index >= 15 is 0 Å². The Balaban J connectivity index is 1.39. The molecule has 3 heterocycles. The molecule has 1 amide bonds. The van der Waals surface area contributed by atoms with Crippen LogP contribution in [0.15, 0.2) is 59.9 Å². The van der Waals surface area contributed by atoms with Gasteiger partial charge in [0, 0.05) is 51.1 Å². The molecule has 7 nitrogen and oxygen atoms in total. The van der Waals surface area contributed by atoms with E-state index in [0.29, 0.717) is 5.56 Å². The van der Waals surface area contributed by atoms with Crippen LogP contribution in [0.1, 0.15) is 28.8 Å². The van der Waals surface area contributed by atoms with Gasteiger partial charge in [-0.2, -0.15) is 4.31 Å². The number of alkyl halides is 2. The summed E-state index contributed by atoms with van der Waals surface area (Å²) in [4.78, 5) is 16.5. The van der Waals surface area contributed by atoms with Gasteiger partial charge in [-0.1, -0.05) is 12.1 Å². The standard InChI is InChI=1S/C20H20F2N4O3S/c21-20(22)7-10-26(11-8-20)30(28,29)17-4-1-15(2-5-17)13-24-19(27)16-3-6-18-23-9-12-25(18)14-16/h1-6,9,12,14H,7-8,10-11,13H2,(H,24,27). The Bertz CT molecular complexity index is 1170. The quantitative estimate of drug-likeness (QED) is 0.669. The molecular formula is C20H20F2N4O3S. The smallest absolute Gasteiger partial charge is 0.253 e. The highest BCUT2D eigenvalue weighted by atomic mass is 32.2. The van der Waals surface area contributed by atoms with Crippen LogP contribution in [-0.2, 0) is 16.6 Å². The fraction of sp³-hybridized carbons (Fsp3) is 0.300. The van der Waals surface area contributed by atoms with Gasteiger partial charge in [-0.15, -0.1) is 0 Å². The highest BCUT2D eigenvalue weighted by Crippen LogP contribution is 2.30. The van der Waals surface area contributed by atoms with Crippen LogP contribution in [0.4, 0.5) is 8.78 Å². The number of piperidine rings is 1. The minimum Gasteiger partial charge on any atom is -0.348 e. The molecule has 1 N–H and O–H groups in total. The summed E-state index contributed by atoms with van der Waals surface area (Å²) in [5.41, 5.74) is 1.93. The molecule has 0 unspecified atom stereocenters. The summed E-state index contributed by atoms with van der Waals surface area (Å²) in [6.07, 6.45) is 4.12. The Kier molecular flexibility index (Phi) is 5.29. The van der Waals surface area contributed by atoms with Crippen molar-refractivity contribution in [3.63, 3.8) is 0 Å². The van der Waals surface area contributed by atoms with Crippen LogP contribution < -0.4 is 5.32 Å². The molecule has 0 saturated carbocycles. The molecule has 1 aliphatic rings. The molecule has 10 heteroatoms. The molecule has 0 bridgehead atoms. The topological polar surface area (TPSA) is 83.8 Å². The molecule has 3 aromatic rings. The molecule has 1 fully saturated rings. The van der Waals surface area contributed by atoms with Gasteiger partial charge in [0.1, 0.15) is 5.65 Å². The summed E-state index contributed by atoms with van der Waals surface area (Å²) in [5.74, 6) is -3.08. The molecular weight excluding hydrogens is 414 g/mol. The largest absolute Gasteiger partial charge is 0.348 e. The predicted molar refractivity (Wildman–Crippen MR) is 106 cm³/mol. The zero-order valence-electron chi connectivity index (χ0n) is 16.0. The molecule has 1 aromatic carbocycles. The highest BCUT2D eigenvalue weighted by molar-refractivity contribution is 7.89. The monoisotopic (exact) mass is 434 g/mol. The van der Waals surface area contributed by atoms with Crippen molar-refractivity contribution in [3.8, 4) is 0 Å². The number of benzene rings is 1. The molecule has 1 saturated heterocycles. The number of imidazole rings is 1. The van der Waals surface area contributed by atoms with E-state index in [0.717, 1.165) is 15.5 Å². The fourth-order valence-electron chi connectivity index (χ4n) is 3.32. The molecule has 0 spiro atoms. The highest BCUT2D eigenvalue weighted by Gasteiger charge is 2.38. The number of amides is 1. The van der Waals surface area contributed by atoms with Crippen molar-refractivity contribution in [1.29, 1.82) is 0 Å². The van der Waals surface area contributed by atoms with Gasteiger partial charge < -0.3 is 9.72 Å². The molecule has 0 atom stereocenters. The summed E-state index contributed by atoms with van der Waals surface area (Å²) in [7, 11) is -3.81. The summed E-state index contributed by atoms with van der Waals surface area (Å²) >= 11 is 0. The summed E-state index contributed by atoms with van der Waals surface area (Å²) in [6.45, 7) is -0.181. The zero-order chi connectivity index (χ0) is 21.4. The van der Waals surface area contributed by atoms with E-state index < -0.39 is 28.8 Å². The molecule has 2 aromatic heterocycles. The van der Waals surface area contributed by atoms with Gasteiger partial charge in [-0.05, 0) is 29.8 Å². The Labute approximate surface area is 172 Å². The predicted octanol–water partition coefficient (Wildman–Crippen LogP) is 2.68. The lowest BCUT2D eigenvalue weighted by Gasteiger charge is -2.30. The molecule has 30 heavy (non-hydrogen) atoms. The Morgan fingerprint density at radius 1 is 1.10 bits per heavy atom. The normalized spacial score (nSPS) is 17.1. The van der Waals surface area contributed by atoms with E-state index in [1.165, 1.54) is 12.1 Å². The van der Waals surface area contributed by atoms with Gasteiger partial charge >= 0.3 is 0 Å². The number of nitrogens with one attached hydrogen (secondary N) is 1. The number of pyridine rings is 1. The lowest BCUT2D eigenvalue weighted by Crippen LogP contribution is -2.42. The molecule has 0 radical (unpaired) electrons. The number of sulfonamides is 1. The number of halogens is 2. The number of nitrogens with zero attached hydrogens (tertiary/aromatic N) is 3. The first kappa shape index (κ1) is 20.4. The van der Waals surface area contributed by atoms with E-state index in [-0.39, 0.29) is 30.4 Å². The summed E-state index contributed by atoms with van der Waals surface area (Å²) in [6, 6.07) is 9.48. The van der Waals surface area contributed by atoms with Crippen molar-refractivity contribution < 1.29 is 22.0 Å². The second-order valence-electron chi connectivity index (χ2n) is 7.20. The first-order chi connectivity index (χ1) is 14.2. The second kappa shape index (κ2) is 7.77. The number of rotatable bonds is 5. The van der Waals surface area contributed by atoms with Crippen molar-refractivity contribution in [1.82, 2.24) is 19.0 Å². The van der Waals surface area contributed by atoms with Crippen LogP contribution in [0.25, 0.3) is 5.65 Å². The first-order valence-corrected chi connectivity index (χ1v) is 10.9. The maximum absolute atomic E-state index is 13.3. The lowest BCUT2D eigenvalue weighted by molar-refractivity contribution is -0.0412. The number of fused-ring (bicyclic) bond motifs is 1. The van der Waals surface area contributed by atoms with E-state index in [1.54, 1.807) is 47.3 Å². The van der Waals surface area contributed by atoms with E-state index in [9.17, 15) is 22.0 Å². The number of carbonyl (C=O) groups excluding carboxylic acids is 1. The third-order valence-corrected chi connectivity index (χ3v) is 7.03. The summed E-state index contributed by atoms with van der Waals surface area (Å²) in [5, 5.41) is 2.79. The van der Waals surface area contributed by atoms with E-state index in [2.05, 4.69) is 10.3 Å². The number of carbonyl (C=O) groups is 1. The third kappa shape index (κ3) is 4.19. The Morgan fingerprint density at radius 3 is 2.50 bits per heavy atom. The van der Waals surface area contributed by atoms with Gasteiger partial charge in [-0.3, -0.25) is 4.79 Å². The van der Waals surface area contributed by atoms with Crippen LogP contribution >= 0.6 is 0 Å². The van der Waals surface area contributed by atoms with Crippen molar-refractivity contribution >= 4 is 21.6 Å². The maximum Gasteiger partial charge on any atom is 0.253 e. The van der Waals surface area contributed by atoms with Crippen molar-refractivity contribution in [2.24, 2.45) is 0 Å². The molecule has 4 rings (SSSR count). The first-order valence-electron chi connectivity index (χ1n) is 9.42. The van der Waals surface area contributed by atoms with E-state index in [4.69, 9.17) is 0 Å². The summed E-state index contributed by atoms with van der Waals surface area (Å²) < 4.78 is 54.7. The molecule has 0 aliphatic carbocycles. The van der Waals surface area contributed by atoms with Crippen LogP contribution in [0.2, 0.25) is 0 Å². The van der Waals surface area contributed by atoms with Gasteiger partial charge in [0.25, 0.3) is 11.8 Å². The van der Waals surface area contributed by atoms with Crippen LogP contribution in [0.5, 0.6) is 0 Å². The van der Waals surface area contributed by atoms with Crippen molar-refractivity contribution in [2.45, 2.75) is 30.2 Å². The van der Waals surface area contributed by atoms with Crippen LogP contribution in [0, 0.1) is 0 Å². The van der Waals surface area contributed by atoms with Gasteiger partial charge in [0.15, 0.2) is 0 Å². The maximum atomic E-state index is 13.3. The Morgan fingerprint density at radius 2 is 1.80 bits per heavy atom. The molecule has 158 valence electrons. The lowest BCUT2D eigenvalue weighted by atomic mass is 10.1. The zero-order valence-corrected chi connectivity index (χ0v) is 16.8. The minimum atomic E-state index is -3.81.